The van der Waals surface area contributed by atoms with E-state index in [2.05, 4.69) is 16.1 Å². The van der Waals surface area contributed by atoms with Crippen LogP contribution in [0.4, 0.5) is 0 Å². The molecule has 1 rings (SSSR count). The third kappa shape index (κ3) is 3.06. The van der Waals surface area contributed by atoms with E-state index in [-0.39, 0.29) is 0 Å². The van der Waals surface area contributed by atoms with E-state index in [0.717, 1.165) is 26.1 Å². The van der Waals surface area contributed by atoms with Crippen LogP contribution in [-0.4, -0.2) is 44.0 Å². The summed E-state index contributed by atoms with van der Waals surface area (Å²) in [5.41, 5.74) is 0. The van der Waals surface area contributed by atoms with Crippen molar-refractivity contribution in [3.8, 4) is 11.2 Å². The van der Waals surface area contributed by atoms with Crippen LogP contribution in [0.2, 0.25) is 0 Å². The summed E-state index contributed by atoms with van der Waals surface area (Å²) in [4.78, 5) is 2.33. The molecule has 0 spiro atoms. The molecule has 1 saturated heterocycles. The highest BCUT2D eigenvalue weighted by molar-refractivity contribution is 8.03. The first-order valence-corrected chi connectivity index (χ1v) is 5.35. The fraction of sp³-hybridized carbons (Fsp3) is 0.778. The predicted molar refractivity (Wildman–Crippen MR) is 53.1 cm³/mol. The minimum absolute atomic E-state index is 0.432. The van der Waals surface area contributed by atoms with Crippen molar-refractivity contribution < 1.29 is 4.74 Å². The summed E-state index contributed by atoms with van der Waals surface area (Å²) in [7, 11) is 1.78. The smallest absolute Gasteiger partial charge is 0.0710 e. The van der Waals surface area contributed by atoms with Crippen LogP contribution in [-0.2, 0) is 4.74 Å². The van der Waals surface area contributed by atoms with Crippen LogP contribution in [0.1, 0.15) is 6.42 Å². The van der Waals surface area contributed by atoms with Crippen molar-refractivity contribution in [3.05, 3.63) is 0 Å². The average molecular weight is 185 g/mol. The van der Waals surface area contributed by atoms with Crippen LogP contribution in [0.5, 0.6) is 0 Å². The Balaban J connectivity index is 2.19. The molecule has 0 aromatic rings. The number of rotatable bonds is 2. The Kier molecular flexibility index (Phi) is 4.52. The first kappa shape index (κ1) is 9.91. The van der Waals surface area contributed by atoms with Gasteiger partial charge < -0.3 is 4.74 Å². The second-order valence-electron chi connectivity index (χ2n) is 2.86. The maximum atomic E-state index is 5.25. The Bertz CT molecular complexity index is 185. The first-order valence-electron chi connectivity index (χ1n) is 4.13. The van der Waals surface area contributed by atoms with Crippen molar-refractivity contribution in [1.29, 1.82) is 0 Å². The second kappa shape index (κ2) is 5.47. The molecule has 12 heavy (non-hydrogen) atoms. The Hall–Kier alpha value is -0.170. The molecule has 68 valence electrons. The zero-order valence-electron chi connectivity index (χ0n) is 7.67. The van der Waals surface area contributed by atoms with Crippen LogP contribution in [0.3, 0.4) is 0 Å². The van der Waals surface area contributed by atoms with Gasteiger partial charge in [-0.15, -0.1) is 0 Å². The molecule has 0 saturated carbocycles. The standard InChI is InChI=1S/C9H15NOS/c1-11-9-4-6-10(8-9)5-3-7-12-2/h9H,4-6,8H2,1-2H3/t9-/m1/s1. The molecule has 1 aliphatic rings. The quantitative estimate of drug-likeness (QED) is 0.596. The van der Waals surface area contributed by atoms with E-state index < -0.39 is 0 Å². The summed E-state index contributed by atoms with van der Waals surface area (Å²) in [6.45, 7) is 3.06. The van der Waals surface area contributed by atoms with Crippen LogP contribution < -0.4 is 0 Å². The largest absolute Gasteiger partial charge is 0.380 e. The van der Waals surface area contributed by atoms with Gasteiger partial charge in [-0.25, -0.2) is 0 Å². The monoisotopic (exact) mass is 185 g/mol. The lowest BCUT2D eigenvalue weighted by Crippen LogP contribution is -2.22. The zero-order valence-corrected chi connectivity index (χ0v) is 8.49. The maximum Gasteiger partial charge on any atom is 0.0710 e. The van der Waals surface area contributed by atoms with Gasteiger partial charge in [-0.1, -0.05) is 17.7 Å². The lowest BCUT2D eigenvalue weighted by molar-refractivity contribution is 0.110. The predicted octanol–water partition coefficient (Wildman–Crippen LogP) is 1.03. The van der Waals surface area contributed by atoms with Gasteiger partial charge in [0, 0.05) is 20.2 Å². The number of thioether (sulfide) groups is 1. The molecule has 0 amide bonds. The third-order valence-electron chi connectivity index (χ3n) is 2.04. The molecule has 0 unspecified atom stereocenters. The zero-order chi connectivity index (χ0) is 8.81. The number of nitrogens with zero attached hydrogens (tertiary/aromatic N) is 1. The van der Waals surface area contributed by atoms with E-state index >= 15 is 0 Å². The van der Waals surface area contributed by atoms with Crippen molar-refractivity contribution in [1.82, 2.24) is 4.90 Å². The van der Waals surface area contributed by atoms with E-state index in [4.69, 9.17) is 4.74 Å². The van der Waals surface area contributed by atoms with E-state index in [1.807, 2.05) is 6.26 Å². The lowest BCUT2D eigenvalue weighted by Gasteiger charge is -2.10. The normalized spacial score (nSPS) is 23.7. The Morgan fingerprint density at radius 2 is 2.50 bits per heavy atom. The van der Waals surface area contributed by atoms with Gasteiger partial charge in [0.15, 0.2) is 0 Å². The highest BCUT2D eigenvalue weighted by Gasteiger charge is 2.20. The molecule has 0 aromatic heterocycles. The molecule has 0 N–H and O–H groups in total. The van der Waals surface area contributed by atoms with E-state index in [9.17, 15) is 0 Å². The van der Waals surface area contributed by atoms with Gasteiger partial charge in [0.25, 0.3) is 0 Å². The molecule has 1 aliphatic heterocycles. The fourth-order valence-electron chi connectivity index (χ4n) is 1.35. The lowest BCUT2D eigenvalue weighted by atomic mass is 10.3. The minimum atomic E-state index is 0.432. The van der Waals surface area contributed by atoms with E-state index in [1.165, 1.54) is 0 Å². The fourth-order valence-corrected chi connectivity index (χ4v) is 1.56. The van der Waals surface area contributed by atoms with Gasteiger partial charge in [-0.05, 0) is 17.9 Å². The van der Waals surface area contributed by atoms with Gasteiger partial charge >= 0.3 is 0 Å². The molecule has 0 aliphatic carbocycles. The topological polar surface area (TPSA) is 12.5 Å². The number of likely N-dealkylation sites (tertiary alicyclic amines) is 1. The molecule has 1 fully saturated rings. The Labute approximate surface area is 78.6 Å². The number of methoxy groups -OCH3 is 1. The van der Waals surface area contributed by atoms with E-state index in [0.29, 0.717) is 6.10 Å². The SMILES string of the molecule is CO[C@@H]1CCN(CC#CSC)C1. The summed E-state index contributed by atoms with van der Waals surface area (Å²) in [6, 6.07) is 0. The van der Waals surface area contributed by atoms with Crippen molar-refractivity contribution in [2.24, 2.45) is 0 Å². The summed E-state index contributed by atoms with van der Waals surface area (Å²) >= 11 is 1.57. The molecular formula is C9H15NOS. The summed E-state index contributed by atoms with van der Waals surface area (Å²) in [5.74, 6) is 3.10. The van der Waals surface area contributed by atoms with Crippen molar-refractivity contribution >= 4 is 11.8 Å². The number of hydrogen-bond donors (Lipinski definition) is 0. The summed E-state index contributed by atoms with van der Waals surface area (Å²) < 4.78 is 5.25. The minimum Gasteiger partial charge on any atom is -0.380 e. The molecule has 1 heterocycles. The first-order chi connectivity index (χ1) is 5.86. The van der Waals surface area contributed by atoms with Crippen molar-refractivity contribution in [2.45, 2.75) is 12.5 Å². The van der Waals surface area contributed by atoms with Crippen LogP contribution >= 0.6 is 11.8 Å². The van der Waals surface area contributed by atoms with Gasteiger partial charge in [-0.2, -0.15) is 0 Å². The number of hydrogen-bond acceptors (Lipinski definition) is 3. The molecule has 0 radical (unpaired) electrons. The van der Waals surface area contributed by atoms with Gasteiger partial charge in [0.2, 0.25) is 0 Å². The highest BCUT2D eigenvalue weighted by Crippen LogP contribution is 2.10. The molecule has 0 aromatic carbocycles. The van der Waals surface area contributed by atoms with Crippen LogP contribution in [0.25, 0.3) is 0 Å². The molecule has 1 atom stereocenters. The molecule has 2 nitrogen and oxygen atoms in total. The average Bonchev–Trinajstić information content (AvgIpc) is 2.53. The van der Waals surface area contributed by atoms with Gasteiger partial charge in [0.05, 0.1) is 12.6 Å². The molecule has 0 bridgehead atoms. The second-order valence-corrected chi connectivity index (χ2v) is 3.48. The maximum absolute atomic E-state index is 5.25. The van der Waals surface area contributed by atoms with Crippen LogP contribution in [0, 0.1) is 11.2 Å². The third-order valence-corrected chi connectivity index (χ3v) is 2.39. The Morgan fingerprint density at radius 3 is 3.08 bits per heavy atom. The van der Waals surface area contributed by atoms with Gasteiger partial charge in [-0.3, -0.25) is 4.90 Å². The summed E-state index contributed by atoms with van der Waals surface area (Å²) in [6.07, 6.45) is 3.58. The van der Waals surface area contributed by atoms with E-state index in [1.54, 1.807) is 18.9 Å². The van der Waals surface area contributed by atoms with Crippen LogP contribution in [0.15, 0.2) is 0 Å². The van der Waals surface area contributed by atoms with Gasteiger partial charge in [0.1, 0.15) is 0 Å². The number of ether oxygens (including phenoxy) is 1. The van der Waals surface area contributed by atoms with Crippen molar-refractivity contribution in [3.63, 3.8) is 0 Å². The molecular weight excluding hydrogens is 170 g/mol. The highest BCUT2D eigenvalue weighted by atomic mass is 32.2. The van der Waals surface area contributed by atoms with Crippen molar-refractivity contribution in [2.75, 3.05) is 33.0 Å². The Morgan fingerprint density at radius 1 is 1.67 bits per heavy atom. The summed E-state index contributed by atoms with van der Waals surface area (Å²) in [5, 5.41) is 2.99. The molecule has 3 heteroatoms.